The van der Waals surface area contributed by atoms with E-state index < -0.39 is 22.9 Å². The minimum Gasteiger partial charge on any atom is -0.382 e. The number of ketones is 1. The van der Waals surface area contributed by atoms with Crippen molar-refractivity contribution in [3.8, 4) is 0 Å². The third kappa shape index (κ3) is 4.03. The lowest BCUT2D eigenvalue weighted by Gasteiger charge is -2.24. The van der Waals surface area contributed by atoms with Gasteiger partial charge in [-0.05, 0) is 37.6 Å². The summed E-state index contributed by atoms with van der Waals surface area (Å²) in [5.74, 6) is -0.604. The first kappa shape index (κ1) is 21.0. The summed E-state index contributed by atoms with van der Waals surface area (Å²) in [6, 6.07) is 12.1. The van der Waals surface area contributed by atoms with Crippen LogP contribution in [0.4, 0.5) is 5.69 Å². The molecule has 0 spiro atoms. The number of Topliss-reactive ketones (excluding diaryl/α,β-unsaturated/α-hetero) is 1. The second-order valence-corrected chi connectivity index (χ2v) is 7.33. The van der Waals surface area contributed by atoms with Crippen LogP contribution in [0.25, 0.3) is 0 Å². The predicted octanol–water partition coefficient (Wildman–Crippen LogP) is 4.55. The van der Waals surface area contributed by atoms with Gasteiger partial charge in [0.05, 0.1) is 15.0 Å². The fourth-order valence-electron chi connectivity index (χ4n) is 3.26. The topological polar surface area (TPSA) is 98.3 Å². The summed E-state index contributed by atoms with van der Waals surface area (Å²) >= 11 is 11.9. The maximum absolute atomic E-state index is 13.0. The van der Waals surface area contributed by atoms with E-state index in [2.05, 4.69) is 5.10 Å². The summed E-state index contributed by atoms with van der Waals surface area (Å²) in [6.07, 6.45) is -1.56. The number of nitro groups is 1. The molecular weight excluding hydrogens is 417 g/mol. The molecule has 3 rings (SSSR count). The van der Waals surface area contributed by atoms with Crippen LogP contribution < -0.4 is 0 Å². The molecule has 2 aromatic carbocycles. The highest BCUT2D eigenvalue weighted by atomic mass is 35.5. The van der Waals surface area contributed by atoms with Gasteiger partial charge in [0.25, 0.3) is 0 Å². The molecule has 0 bridgehead atoms. The summed E-state index contributed by atoms with van der Waals surface area (Å²) in [5.41, 5.74) is 1.03. The SMILES string of the molecule is Cc1nn([C@@H](c2ccccc2)[C@H](O)C(=O)c2ccc(Cl)c(Cl)c2)c(C)c1[N+](=O)[O-]. The summed E-state index contributed by atoms with van der Waals surface area (Å²) < 4.78 is 1.32. The number of aryl methyl sites for hydroxylation is 1. The third-order valence-corrected chi connectivity index (χ3v) is 5.38. The molecule has 0 amide bonds. The van der Waals surface area contributed by atoms with Gasteiger partial charge in [-0.1, -0.05) is 53.5 Å². The fraction of sp³-hybridized carbons (Fsp3) is 0.200. The summed E-state index contributed by atoms with van der Waals surface area (Å²) in [5, 5.41) is 27.1. The Morgan fingerprint density at radius 1 is 1.14 bits per heavy atom. The van der Waals surface area contributed by atoms with Crippen molar-refractivity contribution in [1.82, 2.24) is 9.78 Å². The molecule has 150 valence electrons. The van der Waals surface area contributed by atoms with Crippen LogP contribution in [0.5, 0.6) is 0 Å². The fourth-order valence-corrected chi connectivity index (χ4v) is 3.56. The van der Waals surface area contributed by atoms with Crippen molar-refractivity contribution in [3.05, 3.63) is 91.2 Å². The van der Waals surface area contributed by atoms with Crippen LogP contribution in [-0.2, 0) is 0 Å². The number of halogens is 2. The number of hydrogen-bond donors (Lipinski definition) is 1. The van der Waals surface area contributed by atoms with E-state index in [0.29, 0.717) is 5.56 Å². The van der Waals surface area contributed by atoms with Gasteiger partial charge in [0.1, 0.15) is 23.5 Å². The van der Waals surface area contributed by atoms with E-state index >= 15 is 0 Å². The van der Waals surface area contributed by atoms with Crippen molar-refractivity contribution in [2.45, 2.75) is 26.0 Å². The van der Waals surface area contributed by atoms with Gasteiger partial charge in [0, 0.05) is 5.56 Å². The first-order valence-corrected chi connectivity index (χ1v) is 9.40. The lowest BCUT2D eigenvalue weighted by molar-refractivity contribution is -0.386. The van der Waals surface area contributed by atoms with Crippen molar-refractivity contribution in [2.75, 3.05) is 0 Å². The van der Waals surface area contributed by atoms with Crippen LogP contribution in [0.15, 0.2) is 48.5 Å². The maximum atomic E-state index is 13.0. The number of aliphatic hydroxyl groups excluding tert-OH is 1. The lowest BCUT2D eigenvalue weighted by Crippen LogP contribution is -2.34. The zero-order valence-corrected chi connectivity index (χ0v) is 17.1. The van der Waals surface area contributed by atoms with E-state index in [1.807, 2.05) is 0 Å². The van der Waals surface area contributed by atoms with E-state index in [4.69, 9.17) is 23.2 Å². The quantitative estimate of drug-likeness (QED) is 0.349. The smallest absolute Gasteiger partial charge is 0.312 e. The van der Waals surface area contributed by atoms with E-state index in [0.717, 1.165) is 0 Å². The molecule has 9 heteroatoms. The average molecular weight is 434 g/mol. The van der Waals surface area contributed by atoms with Crippen LogP contribution in [0, 0.1) is 24.0 Å². The highest BCUT2D eigenvalue weighted by Gasteiger charge is 2.35. The molecule has 7 nitrogen and oxygen atoms in total. The molecule has 2 atom stereocenters. The molecule has 0 saturated heterocycles. The number of aliphatic hydroxyl groups is 1. The number of carbonyl (C=O) groups is 1. The molecule has 0 aliphatic carbocycles. The molecule has 0 aliphatic heterocycles. The van der Waals surface area contributed by atoms with Crippen molar-refractivity contribution in [3.63, 3.8) is 0 Å². The van der Waals surface area contributed by atoms with Gasteiger partial charge in [-0.15, -0.1) is 0 Å². The largest absolute Gasteiger partial charge is 0.382 e. The molecule has 1 aromatic heterocycles. The number of hydrogen-bond acceptors (Lipinski definition) is 5. The molecule has 0 saturated carbocycles. The molecule has 0 radical (unpaired) electrons. The van der Waals surface area contributed by atoms with Crippen molar-refractivity contribution in [1.29, 1.82) is 0 Å². The molecule has 1 N–H and O–H groups in total. The number of aromatic nitrogens is 2. The first-order chi connectivity index (χ1) is 13.7. The van der Waals surface area contributed by atoms with Crippen LogP contribution in [-0.4, -0.2) is 31.7 Å². The van der Waals surface area contributed by atoms with Crippen LogP contribution in [0.3, 0.4) is 0 Å². The molecular formula is C20H17Cl2N3O4. The second kappa shape index (κ2) is 8.32. The maximum Gasteiger partial charge on any atom is 0.312 e. The Labute approximate surface area is 176 Å². The minimum atomic E-state index is -1.56. The van der Waals surface area contributed by atoms with Gasteiger partial charge in [-0.3, -0.25) is 19.6 Å². The second-order valence-electron chi connectivity index (χ2n) is 6.51. The lowest BCUT2D eigenvalue weighted by atomic mass is 9.95. The standard InChI is InChI=1S/C20H17Cl2N3O4/c1-11-17(25(28)29)12(2)24(23-11)18(13-6-4-3-5-7-13)20(27)19(26)14-8-9-15(21)16(22)10-14/h3-10,18,20,27H,1-2H3/t18-,20-/m0/s1. The van der Waals surface area contributed by atoms with E-state index in [1.54, 1.807) is 30.3 Å². The number of carbonyl (C=O) groups excluding carboxylic acids is 1. The van der Waals surface area contributed by atoms with Gasteiger partial charge in [-0.25, -0.2) is 0 Å². The summed E-state index contributed by atoms with van der Waals surface area (Å²) in [4.78, 5) is 23.9. The average Bonchev–Trinajstić information content (AvgIpc) is 2.98. The van der Waals surface area contributed by atoms with Crippen molar-refractivity contribution < 1.29 is 14.8 Å². The Kier molecular flexibility index (Phi) is 6.02. The van der Waals surface area contributed by atoms with Gasteiger partial charge < -0.3 is 5.11 Å². The Balaban J connectivity index is 2.12. The zero-order chi connectivity index (χ0) is 21.3. The van der Waals surface area contributed by atoms with Gasteiger partial charge in [-0.2, -0.15) is 5.10 Å². The van der Waals surface area contributed by atoms with Gasteiger partial charge in [0.2, 0.25) is 0 Å². The summed E-state index contributed by atoms with van der Waals surface area (Å²) in [7, 11) is 0. The van der Waals surface area contributed by atoms with Crippen LogP contribution in [0.2, 0.25) is 10.0 Å². The highest BCUT2D eigenvalue weighted by Crippen LogP contribution is 2.32. The monoisotopic (exact) mass is 433 g/mol. The normalized spacial score (nSPS) is 13.1. The third-order valence-electron chi connectivity index (χ3n) is 4.65. The van der Waals surface area contributed by atoms with Crippen molar-refractivity contribution in [2.24, 2.45) is 0 Å². The van der Waals surface area contributed by atoms with Gasteiger partial charge in [0.15, 0.2) is 5.78 Å². The Hall–Kier alpha value is -2.74. The predicted molar refractivity (Wildman–Crippen MR) is 110 cm³/mol. The van der Waals surface area contributed by atoms with E-state index in [-0.39, 0.29) is 32.7 Å². The highest BCUT2D eigenvalue weighted by molar-refractivity contribution is 6.42. The zero-order valence-electron chi connectivity index (χ0n) is 15.5. The Bertz CT molecular complexity index is 1080. The van der Waals surface area contributed by atoms with E-state index in [1.165, 1.54) is 36.7 Å². The first-order valence-electron chi connectivity index (χ1n) is 8.64. The number of rotatable bonds is 6. The Morgan fingerprint density at radius 3 is 2.34 bits per heavy atom. The number of nitrogens with zero attached hydrogens (tertiary/aromatic N) is 3. The van der Waals surface area contributed by atoms with Gasteiger partial charge >= 0.3 is 5.69 Å². The molecule has 0 aliphatic rings. The molecule has 3 aromatic rings. The molecule has 0 unspecified atom stereocenters. The van der Waals surface area contributed by atoms with Crippen molar-refractivity contribution >= 4 is 34.7 Å². The molecule has 29 heavy (non-hydrogen) atoms. The van der Waals surface area contributed by atoms with Crippen LogP contribution >= 0.6 is 23.2 Å². The minimum absolute atomic E-state index is 0.153. The Morgan fingerprint density at radius 2 is 1.79 bits per heavy atom. The number of benzene rings is 2. The van der Waals surface area contributed by atoms with E-state index in [9.17, 15) is 20.0 Å². The summed E-state index contributed by atoms with van der Waals surface area (Å²) in [6.45, 7) is 3.04. The molecule has 1 heterocycles. The van der Waals surface area contributed by atoms with Crippen LogP contribution in [0.1, 0.15) is 33.4 Å². The molecule has 0 fully saturated rings.